The van der Waals surface area contributed by atoms with Crippen LogP contribution in [0.25, 0.3) is 11.8 Å². The lowest BCUT2D eigenvalue weighted by molar-refractivity contribution is -0.0361. The predicted molar refractivity (Wildman–Crippen MR) is 192 cm³/mol. The fourth-order valence-electron chi connectivity index (χ4n) is 7.89. The van der Waals surface area contributed by atoms with Crippen LogP contribution in [0, 0.1) is 20.8 Å². The highest BCUT2D eigenvalue weighted by Crippen LogP contribution is 2.42. The summed E-state index contributed by atoms with van der Waals surface area (Å²) in [4.78, 5) is 16.8. The summed E-state index contributed by atoms with van der Waals surface area (Å²) >= 11 is 0. The topological polar surface area (TPSA) is 131 Å². The first-order valence-electron chi connectivity index (χ1n) is 18.3. The third-order valence-corrected chi connectivity index (χ3v) is 10.5. The minimum atomic E-state index is -2.59. The summed E-state index contributed by atoms with van der Waals surface area (Å²) < 4.78 is 37.3. The molecule has 0 bridgehead atoms. The number of aliphatic hydroxyl groups excluding tert-OH is 1. The highest BCUT2D eigenvalue weighted by molar-refractivity contribution is 5.59. The highest BCUT2D eigenvalue weighted by Gasteiger charge is 2.37. The van der Waals surface area contributed by atoms with Gasteiger partial charge >= 0.3 is 0 Å². The summed E-state index contributed by atoms with van der Waals surface area (Å²) in [7, 11) is 0. The summed E-state index contributed by atoms with van der Waals surface area (Å²) in [5, 5.41) is 27.3. The lowest BCUT2D eigenvalue weighted by Crippen LogP contribution is -2.40. The van der Waals surface area contributed by atoms with Gasteiger partial charge in [0.15, 0.2) is 5.82 Å². The average Bonchev–Trinajstić information content (AvgIpc) is 3.66. The van der Waals surface area contributed by atoms with Gasteiger partial charge in [0.25, 0.3) is 5.95 Å². The molecule has 3 fully saturated rings. The lowest BCUT2D eigenvalue weighted by atomic mass is 9.75. The van der Waals surface area contributed by atoms with E-state index in [2.05, 4.69) is 44.7 Å². The number of hydrogen-bond donors (Lipinski definition) is 3. The Morgan fingerprint density at radius 3 is 2.31 bits per heavy atom. The molecule has 14 heteroatoms. The van der Waals surface area contributed by atoms with Crippen molar-refractivity contribution in [3.63, 3.8) is 0 Å². The lowest BCUT2D eigenvalue weighted by Gasteiger charge is -2.39. The van der Waals surface area contributed by atoms with Crippen molar-refractivity contribution in [1.82, 2.24) is 34.5 Å². The molecule has 4 aromatic rings. The normalized spacial score (nSPS) is 23.3. The Bertz CT molecular complexity index is 1840. The molecule has 0 amide bonds. The molecule has 4 aromatic heterocycles. The van der Waals surface area contributed by atoms with Crippen LogP contribution < -0.4 is 15.5 Å². The van der Waals surface area contributed by atoms with Gasteiger partial charge in [0, 0.05) is 78.7 Å². The smallest absolute Gasteiger partial charge is 0.253 e. The summed E-state index contributed by atoms with van der Waals surface area (Å²) in [6.45, 7) is 12.6. The second-order valence-corrected chi connectivity index (χ2v) is 15.0. The van der Waals surface area contributed by atoms with Crippen molar-refractivity contribution < 1.29 is 18.6 Å². The fraction of sp³-hybridized carbons (Fsp3) is 0.595. The molecule has 5 heterocycles. The van der Waals surface area contributed by atoms with Crippen molar-refractivity contribution in [2.24, 2.45) is 0 Å². The van der Waals surface area contributed by atoms with E-state index >= 15 is 0 Å². The third-order valence-electron chi connectivity index (χ3n) is 10.5. The second kappa shape index (κ2) is 14.1. The number of anilines is 3. The van der Waals surface area contributed by atoms with Gasteiger partial charge < -0.3 is 25.4 Å². The van der Waals surface area contributed by atoms with E-state index < -0.39 is 12.0 Å². The zero-order valence-corrected chi connectivity index (χ0v) is 30.3. The van der Waals surface area contributed by atoms with Gasteiger partial charge in [-0.1, -0.05) is 6.42 Å². The van der Waals surface area contributed by atoms with E-state index in [1.54, 1.807) is 11.6 Å². The molecule has 2 aliphatic carbocycles. The van der Waals surface area contributed by atoms with Crippen LogP contribution in [0.1, 0.15) is 106 Å². The standard InChI is InChI=1S/C37H50F2N10O2/c1-23-17-25(3)48(45-23)35-41-30(26(4)50)21-33(43-35)44-36(5)10-6-7-27(22-36)31-18-24(2)46-49(31)34-20-29(47-13-15-51-16-14-47)19-32(42-34)40-28-8-11-37(38,39)12-9-28/h17-21,26-28,50H,6-16,22H2,1-5H3,(H,40,42)(H,41,43,44). The molecule has 3 aliphatic rings. The first-order valence-corrected chi connectivity index (χ1v) is 18.3. The SMILES string of the molecule is Cc1cc(C)n(-c2nc(NC3(C)CCCC(c4cc(C)nn4-c4cc(N5CCOCC5)cc(NC5CCC(F)(F)CC5)n4)C3)cc(C(C)O)n2)n1. The number of rotatable bonds is 9. The molecule has 0 spiro atoms. The Morgan fingerprint density at radius 1 is 0.882 bits per heavy atom. The van der Waals surface area contributed by atoms with Crippen LogP contribution >= 0.6 is 0 Å². The fourth-order valence-corrected chi connectivity index (χ4v) is 7.89. The van der Waals surface area contributed by atoms with E-state index in [1.807, 2.05) is 43.7 Å². The summed E-state index contributed by atoms with van der Waals surface area (Å²) in [5.41, 5.74) is 5.01. The minimum Gasteiger partial charge on any atom is -0.387 e. The Hall–Kier alpha value is -4.17. The van der Waals surface area contributed by atoms with E-state index in [9.17, 15) is 13.9 Å². The quantitative estimate of drug-likeness (QED) is 0.176. The molecule has 3 atom stereocenters. The number of ether oxygens (including phenoxy) is 1. The van der Waals surface area contributed by atoms with Gasteiger partial charge in [-0.25, -0.2) is 28.1 Å². The summed E-state index contributed by atoms with van der Waals surface area (Å²) in [6.07, 6.45) is 3.56. The number of aryl methyl sites for hydroxylation is 3. The van der Waals surface area contributed by atoms with E-state index in [0.29, 0.717) is 55.2 Å². The van der Waals surface area contributed by atoms with Crippen molar-refractivity contribution in [2.75, 3.05) is 41.8 Å². The van der Waals surface area contributed by atoms with Crippen LogP contribution in [0.3, 0.4) is 0 Å². The number of nitrogens with zero attached hydrogens (tertiary/aromatic N) is 8. The minimum absolute atomic E-state index is 0.0632. The van der Waals surface area contributed by atoms with Crippen molar-refractivity contribution in [2.45, 2.75) is 116 Å². The molecule has 274 valence electrons. The molecule has 2 saturated carbocycles. The van der Waals surface area contributed by atoms with E-state index in [1.165, 1.54) is 0 Å². The molecule has 12 nitrogen and oxygen atoms in total. The number of aromatic nitrogens is 7. The number of nitrogens with one attached hydrogen (secondary N) is 2. The zero-order valence-electron chi connectivity index (χ0n) is 30.3. The van der Waals surface area contributed by atoms with Crippen LogP contribution in [-0.4, -0.2) is 83.4 Å². The van der Waals surface area contributed by atoms with Crippen molar-refractivity contribution >= 4 is 17.3 Å². The number of alkyl halides is 2. The second-order valence-electron chi connectivity index (χ2n) is 15.0. The van der Waals surface area contributed by atoms with E-state index in [-0.39, 0.29) is 30.3 Å². The number of pyridine rings is 1. The molecular formula is C37H50F2N10O2. The van der Waals surface area contributed by atoms with Gasteiger partial charge in [-0.05, 0) is 78.9 Å². The maximum atomic E-state index is 14.0. The maximum Gasteiger partial charge on any atom is 0.253 e. The summed E-state index contributed by atoms with van der Waals surface area (Å²) in [6, 6.07) is 10.0. The van der Waals surface area contributed by atoms with E-state index in [0.717, 1.165) is 67.2 Å². The van der Waals surface area contributed by atoms with Gasteiger partial charge in [0.1, 0.15) is 11.6 Å². The molecule has 51 heavy (non-hydrogen) atoms. The molecule has 7 rings (SSSR count). The maximum absolute atomic E-state index is 14.0. The van der Waals surface area contributed by atoms with Crippen molar-refractivity contribution in [1.29, 1.82) is 0 Å². The molecular weight excluding hydrogens is 654 g/mol. The monoisotopic (exact) mass is 704 g/mol. The molecule has 1 saturated heterocycles. The Balaban J connectivity index is 1.18. The third kappa shape index (κ3) is 8.01. The molecule has 3 N–H and O–H groups in total. The van der Waals surface area contributed by atoms with Crippen molar-refractivity contribution in [3.8, 4) is 11.8 Å². The van der Waals surface area contributed by atoms with Crippen LogP contribution in [0.5, 0.6) is 0 Å². The van der Waals surface area contributed by atoms with Gasteiger partial charge in [-0.3, -0.25) is 0 Å². The van der Waals surface area contributed by atoms with Gasteiger partial charge in [0.2, 0.25) is 5.92 Å². The Morgan fingerprint density at radius 2 is 1.61 bits per heavy atom. The number of hydrogen-bond acceptors (Lipinski definition) is 10. The van der Waals surface area contributed by atoms with Crippen LogP contribution in [-0.2, 0) is 4.74 Å². The van der Waals surface area contributed by atoms with Crippen LogP contribution in [0.4, 0.5) is 26.1 Å². The number of morpholine rings is 1. The van der Waals surface area contributed by atoms with Crippen LogP contribution in [0.15, 0.2) is 30.3 Å². The Kier molecular flexibility index (Phi) is 9.74. The molecule has 0 radical (unpaired) electrons. The van der Waals surface area contributed by atoms with Crippen molar-refractivity contribution in [3.05, 3.63) is 58.8 Å². The number of aliphatic hydroxyl groups is 1. The average molecular weight is 705 g/mol. The Labute approximate surface area is 298 Å². The predicted octanol–water partition coefficient (Wildman–Crippen LogP) is 6.58. The molecule has 3 unspecified atom stereocenters. The highest BCUT2D eigenvalue weighted by atomic mass is 19.3. The van der Waals surface area contributed by atoms with E-state index in [4.69, 9.17) is 19.8 Å². The molecule has 1 aliphatic heterocycles. The first-order chi connectivity index (χ1) is 24.3. The summed E-state index contributed by atoms with van der Waals surface area (Å²) in [5.74, 6) is 0.0326. The molecule has 0 aromatic carbocycles. The zero-order chi connectivity index (χ0) is 35.9. The van der Waals surface area contributed by atoms with Gasteiger partial charge in [0.05, 0.1) is 36.4 Å². The first kappa shape index (κ1) is 35.2. The van der Waals surface area contributed by atoms with Crippen LogP contribution in [0.2, 0.25) is 0 Å². The van der Waals surface area contributed by atoms with Gasteiger partial charge in [-0.2, -0.15) is 15.2 Å². The number of halogens is 2. The largest absolute Gasteiger partial charge is 0.387 e. The van der Waals surface area contributed by atoms with Gasteiger partial charge in [-0.15, -0.1) is 0 Å².